The maximum Gasteiger partial charge on any atom is 0.338 e. The first-order valence-corrected chi connectivity index (χ1v) is 9.44. The maximum absolute atomic E-state index is 12.7. The fourth-order valence-corrected chi connectivity index (χ4v) is 3.75. The van der Waals surface area contributed by atoms with E-state index in [0.717, 1.165) is 4.90 Å². The Balaban J connectivity index is 1.47. The Hall–Kier alpha value is -3.54. The van der Waals surface area contributed by atoms with Crippen LogP contribution in [-0.4, -0.2) is 30.2 Å². The summed E-state index contributed by atoms with van der Waals surface area (Å²) in [6.45, 7) is -0.384. The second-order valence-corrected chi connectivity index (χ2v) is 7.08. The SMILES string of the molecule is O=C(COC(=O)c1cccc(N2C(=O)[C@@H]3CC=CC[C@H]3C2=O)c1)c1ccccc1. The fraction of sp³-hybridized carbons (Fsp3) is 0.217. The number of ether oxygens (including phenoxy) is 1. The van der Waals surface area contributed by atoms with Crippen LogP contribution in [0.1, 0.15) is 33.6 Å². The van der Waals surface area contributed by atoms with Gasteiger partial charge in [-0.25, -0.2) is 4.79 Å². The van der Waals surface area contributed by atoms with E-state index in [0.29, 0.717) is 24.1 Å². The minimum Gasteiger partial charge on any atom is -0.454 e. The van der Waals surface area contributed by atoms with Crippen molar-refractivity contribution in [2.75, 3.05) is 11.5 Å². The third kappa shape index (κ3) is 3.61. The number of Topliss-reactive ketones (excluding diaryl/α,β-unsaturated/α-hetero) is 1. The largest absolute Gasteiger partial charge is 0.454 e. The Morgan fingerprint density at radius 2 is 1.48 bits per heavy atom. The molecule has 0 aromatic heterocycles. The third-order valence-corrected chi connectivity index (χ3v) is 5.28. The number of nitrogens with zero attached hydrogens (tertiary/aromatic N) is 1. The minimum atomic E-state index is -0.686. The van der Waals surface area contributed by atoms with Gasteiger partial charge in [-0.2, -0.15) is 0 Å². The van der Waals surface area contributed by atoms with Crippen molar-refractivity contribution in [1.82, 2.24) is 0 Å². The maximum atomic E-state index is 12.7. The number of rotatable bonds is 5. The normalized spacial score (nSPS) is 20.5. The molecule has 1 fully saturated rings. The minimum absolute atomic E-state index is 0.178. The highest BCUT2D eigenvalue weighted by Gasteiger charge is 2.47. The molecule has 6 nitrogen and oxygen atoms in total. The zero-order valence-corrected chi connectivity index (χ0v) is 15.6. The molecule has 1 aliphatic carbocycles. The first kappa shape index (κ1) is 18.8. The molecule has 2 aromatic carbocycles. The summed E-state index contributed by atoms with van der Waals surface area (Å²) in [6, 6.07) is 14.7. The predicted octanol–water partition coefficient (Wildman–Crippen LogP) is 3.18. The Kier molecular flexibility index (Phi) is 5.08. The quantitative estimate of drug-likeness (QED) is 0.340. The lowest BCUT2D eigenvalue weighted by molar-refractivity contribution is -0.122. The number of carbonyl (C=O) groups excluding carboxylic acids is 4. The molecule has 0 unspecified atom stereocenters. The number of amides is 2. The number of carbonyl (C=O) groups is 4. The average molecular weight is 389 g/mol. The van der Waals surface area contributed by atoms with Gasteiger partial charge in [0, 0.05) is 5.56 Å². The topological polar surface area (TPSA) is 80.8 Å². The van der Waals surface area contributed by atoms with E-state index >= 15 is 0 Å². The van der Waals surface area contributed by atoms with Crippen LogP contribution < -0.4 is 4.90 Å². The van der Waals surface area contributed by atoms with Gasteiger partial charge in [-0.3, -0.25) is 19.3 Å². The molecule has 0 saturated carbocycles. The molecule has 2 aliphatic rings. The smallest absolute Gasteiger partial charge is 0.338 e. The molecule has 2 atom stereocenters. The van der Waals surface area contributed by atoms with Crippen molar-refractivity contribution in [2.45, 2.75) is 12.8 Å². The van der Waals surface area contributed by atoms with Crippen LogP contribution in [0.4, 0.5) is 5.69 Å². The van der Waals surface area contributed by atoms with E-state index in [2.05, 4.69) is 0 Å². The lowest BCUT2D eigenvalue weighted by Gasteiger charge is -2.15. The summed E-state index contributed by atoms with van der Waals surface area (Å²) in [7, 11) is 0. The van der Waals surface area contributed by atoms with E-state index in [1.165, 1.54) is 12.1 Å². The summed E-state index contributed by atoms with van der Waals surface area (Å²) in [5.74, 6) is -2.16. The number of ketones is 1. The zero-order valence-electron chi connectivity index (χ0n) is 15.6. The number of anilines is 1. The van der Waals surface area contributed by atoms with Crippen molar-refractivity contribution >= 4 is 29.3 Å². The molecule has 2 amide bonds. The predicted molar refractivity (Wildman–Crippen MR) is 105 cm³/mol. The van der Waals surface area contributed by atoms with Crippen molar-refractivity contribution in [2.24, 2.45) is 11.8 Å². The number of hydrogen-bond donors (Lipinski definition) is 0. The van der Waals surface area contributed by atoms with E-state index < -0.39 is 5.97 Å². The van der Waals surface area contributed by atoms with Crippen molar-refractivity contribution in [3.8, 4) is 0 Å². The Morgan fingerprint density at radius 3 is 2.14 bits per heavy atom. The van der Waals surface area contributed by atoms with E-state index in [1.807, 2.05) is 12.2 Å². The van der Waals surface area contributed by atoms with Gasteiger partial charge in [-0.15, -0.1) is 0 Å². The van der Waals surface area contributed by atoms with Crippen LogP contribution in [0.25, 0.3) is 0 Å². The first-order valence-electron chi connectivity index (χ1n) is 9.44. The van der Waals surface area contributed by atoms with Crippen LogP contribution in [-0.2, 0) is 14.3 Å². The number of imide groups is 1. The molecule has 0 radical (unpaired) electrons. The van der Waals surface area contributed by atoms with Crippen LogP contribution >= 0.6 is 0 Å². The second-order valence-electron chi connectivity index (χ2n) is 7.08. The van der Waals surface area contributed by atoms with Crippen molar-refractivity contribution in [3.05, 3.63) is 77.9 Å². The molecule has 1 heterocycles. The Morgan fingerprint density at radius 1 is 0.862 bits per heavy atom. The number of benzene rings is 2. The van der Waals surface area contributed by atoms with Gasteiger partial charge in [0.2, 0.25) is 11.8 Å². The molecule has 146 valence electrons. The van der Waals surface area contributed by atoms with E-state index in [1.54, 1.807) is 42.5 Å². The summed E-state index contributed by atoms with van der Waals surface area (Å²) >= 11 is 0. The molecule has 4 rings (SSSR count). The highest BCUT2D eigenvalue weighted by atomic mass is 16.5. The summed E-state index contributed by atoms with van der Waals surface area (Å²) < 4.78 is 5.12. The van der Waals surface area contributed by atoms with E-state index in [-0.39, 0.29) is 41.6 Å². The summed E-state index contributed by atoms with van der Waals surface area (Å²) in [6.07, 6.45) is 4.95. The van der Waals surface area contributed by atoms with Gasteiger partial charge < -0.3 is 4.74 Å². The molecular weight excluding hydrogens is 370 g/mol. The zero-order chi connectivity index (χ0) is 20.4. The van der Waals surface area contributed by atoms with Gasteiger partial charge in [0.15, 0.2) is 12.4 Å². The van der Waals surface area contributed by atoms with Gasteiger partial charge >= 0.3 is 5.97 Å². The lowest BCUT2D eigenvalue weighted by atomic mass is 9.85. The molecule has 0 N–H and O–H groups in total. The Bertz CT molecular complexity index is 985. The van der Waals surface area contributed by atoms with Crippen molar-refractivity contribution in [1.29, 1.82) is 0 Å². The number of allylic oxidation sites excluding steroid dienone is 2. The van der Waals surface area contributed by atoms with E-state index in [9.17, 15) is 19.2 Å². The summed E-state index contributed by atoms with van der Waals surface area (Å²) in [4.78, 5) is 51.1. The fourth-order valence-electron chi connectivity index (χ4n) is 3.75. The molecule has 29 heavy (non-hydrogen) atoms. The number of esters is 1. The van der Waals surface area contributed by atoms with Gasteiger partial charge in [-0.05, 0) is 31.0 Å². The highest BCUT2D eigenvalue weighted by molar-refractivity contribution is 6.22. The van der Waals surface area contributed by atoms with Crippen LogP contribution in [0.5, 0.6) is 0 Å². The van der Waals surface area contributed by atoms with Crippen LogP contribution in [0, 0.1) is 11.8 Å². The van der Waals surface area contributed by atoms with Crippen molar-refractivity contribution < 1.29 is 23.9 Å². The van der Waals surface area contributed by atoms with Gasteiger partial charge in [0.1, 0.15) is 0 Å². The first-order chi connectivity index (χ1) is 14.1. The van der Waals surface area contributed by atoms with Crippen molar-refractivity contribution in [3.63, 3.8) is 0 Å². The number of hydrogen-bond acceptors (Lipinski definition) is 5. The molecular formula is C23H19NO5. The standard InChI is InChI=1S/C23H19NO5/c25-20(15-7-2-1-3-8-15)14-29-23(28)16-9-6-10-17(13-16)24-21(26)18-11-4-5-12-19(18)22(24)27/h1-10,13,18-19H,11-12,14H2/t18-,19-/m1/s1. The average Bonchev–Trinajstić information content (AvgIpc) is 3.03. The monoisotopic (exact) mass is 389 g/mol. The number of fused-ring (bicyclic) bond motifs is 1. The molecule has 2 aromatic rings. The van der Waals surface area contributed by atoms with Crippen LogP contribution in [0.15, 0.2) is 66.7 Å². The molecule has 6 heteroatoms. The third-order valence-electron chi connectivity index (χ3n) is 5.28. The van der Waals surface area contributed by atoms with E-state index in [4.69, 9.17) is 4.74 Å². The van der Waals surface area contributed by atoms with Crippen LogP contribution in [0.3, 0.4) is 0 Å². The van der Waals surface area contributed by atoms with Gasteiger partial charge in [0.05, 0.1) is 23.1 Å². The Labute approximate surface area is 167 Å². The second kappa shape index (κ2) is 7.83. The molecule has 0 spiro atoms. The molecule has 1 aliphatic heterocycles. The van der Waals surface area contributed by atoms with Gasteiger partial charge in [-0.1, -0.05) is 48.6 Å². The molecule has 0 bridgehead atoms. The highest BCUT2D eigenvalue weighted by Crippen LogP contribution is 2.37. The summed E-state index contributed by atoms with van der Waals surface area (Å²) in [5.41, 5.74) is 0.980. The lowest BCUT2D eigenvalue weighted by Crippen LogP contribution is -2.31. The van der Waals surface area contributed by atoms with Crippen LogP contribution in [0.2, 0.25) is 0 Å². The van der Waals surface area contributed by atoms with Gasteiger partial charge in [0.25, 0.3) is 0 Å². The molecule has 1 saturated heterocycles. The summed E-state index contributed by atoms with van der Waals surface area (Å²) in [5, 5.41) is 0.